The van der Waals surface area contributed by atoms with E-state index in [4.69, 9.17) is 15.2 Å². The van der Waals surface area contributed by atoms with Crippen LogP contribution in [0.15, 0.2) is 0 Å². The molecule has 1 aliphatic heterocycles. The molecule has 1 aliphatic carbocycles. The minimum atomic E-state index is -0.448. The number of nitrogens with zero attached hydrogens (tertiary/aromatic N) is 1. The number of hydrogen-bond donors (Lipinski definition) is 1. The first kappa shape index (κ1) is 11.7. The highest BCUT2D eigenvalue weighted by Crippen LogP contribution is 2.31. The number of nitrogens with two attached hydrogens (primary N) is 1. The molecule has 2 fully saturated rings. The Bertz CT molecular complexity index is 287. The van der Waals surface area contributed by atoms with Gasteiger partial charge in [-0.15, -0.1) is 0 Å². The average Bonchev–Trinajstić information content (AvgIpc) is 2.13. The molecular formula is C11H20N2O3. The maximum absolute atomic E-state index is 11.9. The summed E-state index contributed by atoms with van der Waals surface area (Å²) in [7, 11) is 0. The van der Waals surface area contributed by atoms with Crippen molar-refractivity contribution in [2.75, 3.05) is 13.2 Å². The number of amides is 1. The number of rotatable bonds is 0. The second-order valence-corrected chi connectivity index (χ2v) is 5.48. The molecule has 2 N–H and O–H groups in total. The number of carbonyl (C=O) groups excluding carboxylic acids is 1. The summed E-state index contributed by atoms with van der Waals surface area (Å²) >= 11 is 0. The molecule has 5 heteroatoms. The van der Waals surface area contributed by atoms with Gasteiger partial charge < -0.3 is 20.1 Å². The third-order valence-electron chi connectivity index (χ3n) is 2.99. The van der Waals surface area contributed by atoms with Crippen molar-refractivity contribution in [1.29, 1.82) is 0 Å². The third-order valence-corrected chi connectivity index (χ3v) is 2.99. The number of carbonyl (C=O) groups is 1. The summed E-state index contributed by atoms with van der Waals surface area (Å²) in [5, 5.41) is 0. The van der Waals surface area contributed by atoms with Crippen LogP contribution in [0.2, 0.25) is 0 Å². The summed E-state index contributed by atoms with van der Waals surface area (Å²) in [6, 6.07) is 0.175. The summed E-state index contributed by atoms with van der Waals surface area (Å²) in [4.78, 5) is 13.7. The van der Waals surface area contributed by atoms with E-state index in [1.807, 2.05) is 20.8 Å². The van der Waals surface area contributed by atoms with Gasteiger partial charge >= 0.3 is 6.09 Å². The highest BCUT2D eigenvalue weighted by molar-refractivity contribution is 5.69. The lowest BCUT2D eigenvalue weighted by Gasteiger charge is -2.51. The van der Waals surface area contributed by atoms with Crippen molar-refractivity contribution in [1.82, 2.24) is 4.90 Å². The van der Waals surface area contributed by atoms with Crippen molar-refractivity contribution in [2.24, 2.45) is 5.73 Å². The smallest absolute Gasteiger partial charge is 0.410 e. The predicted octanol–water partition coefficient (Wildman–Crippen LogP) is 0.722. The van der Waals surface area contributed by atoms with Crippen LogP contribution in [-0.4, -0.2) is 47.9 Å². The normalized spacial score (nSPS) is 34.0. The van der Waals surface area contributed by atoms with E-state index < -0.39 is 5.60 Å². The zero-order valence-corrected chi connectivity index (χ0v) is 10.1. The van der Waals surface area contributed by atoms with Crippen LogP contribution in [0.1, 0.15) is 27.2 Å². The van der Waals surface area contributed by atoms with Crippen LogP contribution in [0.3, 0.4) is 0 Å². The lowest BCUT2D eigenvalue weighted by Crippen LogP contribution is -2.68. The number of hydrogen-bond acceptors (Lipinski definition) is 4. The Morgan fingerprint density at radius 3 is 2.75 bits per heavy atom. The fraction of sp³-hybridized carbons (Fsp3) is 0.909. The van der Waals surface area contributed by atoms with Gasteiger partial charge in [0.2, 0.25) is 0 Å². The second kappa shape index (κ2) is 3.89. The van der Waals surface area contributed by atoms with Crippen molar-refractivity contribution >= 4 is 6.09 Å². The van der Waals surface area contributed by atoms with Gasteiger partial charge in [-0.25, -0.2) is 4.79 Å². The summed E-state index contributed by atoms with van der Waals surface area (Å²) in [5.74, 6) is 0. The molecule has 92 valence electrons. The van der Waals surface area contributed by atoms with Crippen molar-refractivity contribution in [3.8, 4) is 0 Å². The zero-order chi connectivity index (χ0) is 11.9. The van der Waals surface area contributed by atoms with E-state index >= 15 is 0 Å². The Hall–Kier alpha value is -0.810. The summed E-state index contributed by atoms with van der Waals surface area (Å²) in [6.45, 7) is 6.76. The number of ether oxygens (including phenoxy) is 2. The Morgan fingerprint density at radius 2 is 2.19 bits per heavy atom. The summed E-state index contributed by atoms with van der Waals surface area (Å²) in [5.41, 5.74) is 5.37. The third kappa shape index (κ3) is 2.15. The number of morpholine rings is 1. The molecule has 0 bridgehead atoms. The fourth-order valence-corrected chi connectivity index (χ4v) is 2.18. The number of fused-ring (bicyclic) bond motifs is 1. The molecule has 1 saturated heterocycles. The highest BCUT2D eigenvalue weighted by atomic mass is 16.6. The fourth-order valence-electron chi connectivity index (χ4n) is 2.18. The zero-order valence-electron chi connectivity index (χ0n) is 10.1. The highest BCUT2D eigenvalue weighted by Gasteiger charge is 2.48. The molecule has 1 amide bonds. The first-order valence-electron chi connectivity index (χ1n) is 5.75. The monoisotopic (exact) mass is 228 g/mol. The van der Waals surface area contributed by atoms with Crippen LogP contribution in [-0.2, 0) is 9.47 Å². The SMILES string of the molecule is CC(C)(C)OC(=O)N1CCO[C@@H]2[C@@H](N)C[C@@H]21. The first-order chi connectivity index (χ1) is 7.38. The second-order valence-electron chi connectivity index (χ2n) is 5.48. The molecule has 0 spiro atoms. The van der Waals surface area contributed by atoms with E-state index in [-0.39, 0.29) is 24.3 Å². The molecule has 5 nitrogen and oxygen atoms in total. The average molecular weight is 228 g/mol. The Morgan fingerprint density at radius 1 is 1.50 bits per heavy atom. The minimum Gasteiger partial charge on any atom is -0.444 e. The van der Waals surface area contributed by atoms with E-state index in [2.05, 4.69) is 0 Å². The van der Waals surface area contributed by atoms with Crippen molar-refractivity contribution in [3.63, 3.8) is 0 Å². The van der Waals surface area contributed by atoms with E-state index in [9.17, 15) is 4.79 Å². The molecule has 0 aromatic carbocycles. The lowest BCUT2D eigenvalue weighted by atomic mass is 9.81. The molecule has 1 heterocycles. The van der Waals surface area contributed by atoms with Crippen LogP contribution < -0.4 is 5.73 Å². The van der Waals surface area contributed by atoms with E-state index in [0.717, 1.165) is 6.42 Å². The minimum absolute atomic E-state index is 0.00117. The predicted molar refractivity (Wildman–Crippen MR) is 59.1 cm³/mol. The first-order valence-corrected chi connectivity index (χ1v) is 5.75. The van der Waals surface area contributed by atoms with Crippen molar-refractivity contribution in [2.45, 2.75) is 51.0 Å². The van der Waals surface area contributed by atoms with Crippen LogP contribution in [0, 0.1) is 0 Å². The topological polar surface area (TPSA) is 64.8 Å². The summed E-state index contributed by atoms with van der Waals surface area (Å²) in [6.07, 6.45) is 0.558. The van der Waals surface area contributed by atoms with Gasteiger partial charge in [0.15, 0.2) is 0 Å². The molecule has 1 saturated carbocycles. The molecule has 2 rings (SSSR count). The maximum atomic E-state index is 11.9. The van der Waals surface area contributed by atoms with E-state index in [1.165, 1.54) is 0 Å². The van der Waals surface area contributed by atoms with Gasteiger partial charge in [0.25, 0.3) is 0 Å². The molecule has 3 atom stereocenters. The largest absolute Gasteiger partial charge is 0.444 e. The van der Waals surface area contributed by atoms with Crippen LogP contribution in [0.5, 0.6) is 0 Å². The lowest BCUT2D eigenvalue weighted by molar-refractivity contribution is -0.129. The molecule has 16 heavy (non-hydrogen) atoms. The quantitative estimate of drug-likeness (QED) is 0.663. The summed E-state index contributed by atoms with van der Waals surface area (Å²) < 4.78 is 10.9. The van der Waals surface area contributed by atoms with Crippen LogP contribution in [0.25, 0.3) is 0 Å². The Kier molecular flexibility index (Phi) is 2.84. The Labute approximate surface area is 95.9 Å². The van der Waals surface area contributed by atoms with Crippen molar-refractivity contribution < 1.29 is 14.3 Å². The van der Waals surface area contributed by atoms with Crippen LogP contribution in [0.4, 0.5) is 4.79 Å². The van der Waals surface area contributed by atoms with Gasteiger partial charge in [0.05, 0.1) is 18.8 Å². The van der Waals surface area contributed by atoms with Crippen molar-refractivity contribution in [3.05, 3.63) is 0 Å². The van der Waals surface area contributed by atoms with E-state index in [1.54, 1.807) is 4.90 Å². The maximum Gasteiger partial charge on any atom is 0.410 e. The van der Waals surface area contributed by atoms with Gasteiger partial charge in [-0.05, 0) is 27.2 Å². The molecule has 0 aromatic rings. The van der Waals surface area contributed by atoms with Gasteiger partial charge in [0, 0.05) is 12.6 Å². The molecule has 0 radical (unpaired) electrons. The van der Waals surface area contributed by atoms with Gasteiger partial charge in [-0.2, -0.15) is 0 Å². The van der Waals surface area contributed by atoms with E-state index in [0.29, 0.717) is 13.2 Å². The molecular weight excluding hydrogens is 208 g/mol. The molecule has 0 aromatic heterocycles. The standard InChI is InChI=1S/C11H20N2O3/c1-11(2,3)16-10(14)13-4-5-15-9-7(12)6-8(9)13/h7-9H,4-6,12H2,1-3H3/t7-,8-,9+/m0/s1. The van der Waals surface area contributed by atoms with Gasteiger partial charge in [0.1, 0.15) is 5.60 Å². The van der Waals surface area contributed by atoms with Crippen LogP contribution >= 0.6 is 0 Å². The van der Waals surface area contributed by atoms with Gasteiger partial charge in [-0.3, -0.25) is 0 Å². The molecule has 0 unspecified atom stereocenters. The molecule has 2 aliphatic rings. The van der Waals surface area contributed by atoms with Gasteiger partial charge in [-0.1, -0.05) is 0 Å². The Balaban J connectivity index is 1.96.